The summed E-state index contributed by atoms with van der Waals surface area (Å²) >= 11 is 9.52. The Morgan fingerprint density at radius 2 is 2.00 bits per heavy atom. The molecule has 0 atom stereocenters. The summed E-state index contributed by atoms with van der Waals surface area (Å²) in [5.74, 6) is 0.457. The summed E-state index contributed by atoms with van der Waals surface area (Å²) in [6.45, 7) is 4.32. The maximum atomic E-state index is 6.07. The van der Waals surface area contributed by atoms with E-state index in [4.69, 9.17) is 11.6 Å². The molecule has 0 N–H and O–H groups in total. The highest BCUT2D eigenvalue weighted by Crippen LogP contribution is 2.30. The Bertz CT molecular complexity index is 508. The van der Waals surface area contributed by atoms with Crippen LogP contribution in [-0.2, 0) is 0 Å². The topological polar surface area (TPSA) is 12.9 Å². The van der Waals surface area contributed by atoms with Crippen LogP contribution in [0, 0.1) is 0 Å². The van der Waals surface area contributed by atoms with Crippen molar-refractivity contribution in [2.75, 3.05) is 0 Å². The molecule has 0 aliphatic heterocycles. The summed E-state index contributed by atoms with van der Waals surface area (Å²) in [4.78, 5) is 4.21. The van der Waals surface area contributed by atoms with Crippen LogP contribution in [0.25, 0.3) is 10.8 Å². The molecule has 78 valence electrons. The molecule has 1 aromatic heterocycles. The molecule has 2 rings (SSSR count). The molecule has 0 amide bonds. The van der Waals surface area contributed by atoms with E-state index in [-0.39, 0.29) is 0 Å². The Balaban J connectivity index is 2.82. The van der Waals surface area contributed by atoms with Crippen molar-refractivity contribution in [3.63, 3.8) is 0 Å². The summed E-state index contributed by atoms with van der Waals surface area (Å²) in [5, 5.41) is 2.76. The van der Waals surface area contributed by atoms with Crippen LogP contribution in [0.1, 0.15) is 25.3 Å². The second kappa shape index (κ2) is 4.11. The fourth-order valence-corrected chi connectivity index (χ4v) is 2.23. The molecule has 0 saturated heterocycles. The molecule has 0 fully saturated rings. The molecule has 0 aliphatic carbocycles. The van der Waals surface area contributed by atoms with E-state index >= 15 is 0 Å². The molecule has 1 aromatic carbocycles. The molecule has 0 radical (unpaired) electrons. The van der Waals surface area contributed by atoms with Crippen LogP contribution in [-0.4, -0.2) is 4.98 Å². The molecular formula is C12H11BrClN. The highest BCUT2D eigenvalue weighted by Gasteiger charge is 2.08. The predicted octanol–water partition coefficient (Wildman–Crippen LogP) is 4.77. The summed E-state index contributed by atoms with van der Waals surface area (Å²) in [7, 11) is 0. The normalized spacial score (nSPS) is 11.3. The molecule has 2 aromatic rings. The third kappa shape index (κ3) is 2.01. The largest absolute Gasteiger partial charge is 0.244 e. The molecule has 0 saturated carbocycles. The van der Waals surface area contributed by atoms with Gasteiger partial charge in [0.15, 0.2) is 0 Å². The summed E-state index contributed by atoms with van der Waals surface area (Å²) < 4.78 is 1.03. The van der Waals surface area contributed by atoms with Crippen molar-refractivity contribution < 1.29 is 0 Å². The van der Waals surface area contributed by atoms with E-state index in [1.54, 1.807) is 0 Å². The van der Waals surface area contributed by atoms with Crippen LogP contribution < -0.4 is 0 Å². The van der Waals surface area contributed by atoms with Gasteiger partial charge in [-0.25, -0.2) is 4.98 Å². The zero-order valence-corrected chi connectivity index (χ0v) is 10.9. The van der Waals surface area contributed by atoms with Gasteiger partial charge >= 0.3 is 0 Å². The number of aromatic nitrogens is 1. The SMILES string of the molecule is CC(C)c1cnc(Cl)c2cc(Br)ccc12. The van der Waals surface area contributed by atoms with Crippen molar-refractivity contribution >= 4 is 38.3 Å². The van der Waals surface area contributed by atoms with Crippen molar-refractivity contribution in [2.45, 2.75) is 19.8 Å². The minimum atomic E-state index is 0.457. The van der Waals surface area contributed by atoms with Crippen molar-refractivity contribution in [1.82, 2.24) is 4.98 Å². The Hall–Kier alpha value is -0.600. The Morgan fingerprint density at radius 3 is 2.67 bits per heavy atom. The number of benzene rings is 1. The number of rotatable bonds is 1. The van der Waals surface area contributed by atoms with Gasteiger partial charge in [-0.05, 0) is 29.0 Å². The fraction of sp³-hybridized carbons (Fsp3) is 0.250. The van der Waals surface area contributed by atoms with E-state index in [0.717, 1.165) is 9.86 Å². The maximum absolute atomic E-state index is 6.07. The average molecular weight is 285 g/mol. The first-order valence-corrected chi connectivity index (χ1v) is 6.00. The van der Waals surface area contributed by atoms with Gasteiger partial charge in [-0.1, -0.05) is 47.4 Å². The fourth-order valence-electron chi connectivity index (χ4n) is 1.66. The monoisotopic (exact) mass is 283 g/mol. The number of pyridine rings is 1. The van der Waals surface area contributed by atoms with Gasteiger partial charge in [0.2, 0.25) is 0 Å². The van der Waals surface area contributed by atoms with Crippen LogP contribution in [0.15, 0.2) is 28.9 Å². The first-order chi connectivity index (χ1) is 7.09. The number of hydrogen-bond donors (Lipinski definition) is 0. The molecule has 1 heterocycles. The van der Waals surface area contributed by atoms with Crippen LogP contribution in [0.2, 0.25) is 5.15 Å². The summed E-state index contributed by atoms with van der Waals surface area (Å²) in [5.41, 5.74) is 1.24. The number of fused-ring (bicyclic) bond motifs is 1. The van der Waals surface area contributed by atoms with Crippen LogP contribution >= 0.6 is 27.5 Å². The van der Waals surface area contributed by atoms with Gasteiger partial charge in [-0.2, -0.15) is 0 Å². The first-order valence-electron chi connectivity index (χ1n) is 4.83. The standard InChI is InChI=1S/C12H11BrClN/c1-7(2)11-6-15-12(14)10-5-8(13)3-4-9(10)11/h3-7H,1-2H3. The first kappa shape index (κ1) is 10.9. The quantitative estimate of drug-likeness (QED) is 0.687. The van der Waals surface area contributed by atoms with E-state index in [2.05, 4.69) is 40.8 Å². The number of nitrogens with zero attached hydrogens (tertiary/aromatic N) is 1. The van der Waals surface area contributed by atoms with Gasteiger partial charge in [0.1, 0.15) is 5.15 Å². The lowest BCUT2D eigenvalue weighted by Gasteiger charge is -2.10. The van der Waals surface area contributed by atoms with Crippen LogP contribution in [0.3, 0.4) is 0 Å². The minimum absolute atomic E-state index is 0.457. The highest BCUT2D eigenvalue weighted by molar-refractivity contribution is 9.10. The molecule has 3 heteroatoms. The molecular weight excluding hydrogens is 273 g/mol. The van der Waals surface area contributed by atoms with Crippen molar-refractivity contribution in [3.8, 4) is 0 Å². The van der Waals surface area contributed by atoms with Crippen LogP contribution in [0.5, 0.6) is 0 Å². The highest BCUT2D eigenvalue weighted by atomic mass is 79.9. The summed E-state index contributed by atoms with van der Waals surface area (Å²) in [6, 6.07) is 6.13. The Morgan fingerprint density at radius 1 is 1.27 bits per heavy atom. The van der Waals surface area contributed by atoms with Crippen molar-refractivity contribution in [3.05, 3.63) is 39.6 Å². The minimum Gasteiger partial charge on any atom is -0.244 e. The van der Waals surface area contributed by atoms with Gasteiger partial charge in [-0.3, -0.25) is 0 Å². The predicted molar refractivity (Wildman–Crippen MR) is 68.5 cm³/mol. The molecule has 15 heavy (non-hydrogen) atoms. The molecule has 1 nitrogen and oxygen atoms in total. The number of halogens is 2. The maximum Gasteiger partial charge on any atom is 0.136 e. The van der Waals surface area contributed by atoms with Gasteiger partial charge in [0.05, 0.1) is 0 Å². The van der Waals surface area contributed by atoms with Gasteiger partial charge in [0, 0.05) is 16.1 Å². The van der Waals surface area contributed by atoms with E-state index in [1.165, 1.54) is 10.9 Å². The molecule has 0 spiro atoms. The van der Waals surface area contributed by atoms with Crippen molar-refractivity contribution in [1.29, 1.82) is 0 Å². The zero-order chi connectivity index (χ0) is 11.0. The molecule has 0 aliphatic rings. The Labute approximate surface area is 103 Å². The number of hydrogen-bond acceptors (Lipinski definition) is 1. The van der Waals surface area contributed by atoms with Gasteiger partial charge in [0.25, 0.3) is 0 Å². The smallest absolute Gasteiger partial charge is 0.136 e. The van der Waals surface area contributed by atoms with Crippen LogP contribution in [0.4, 0.5) is 0 Å². The second-order valence-corrected chi connectivity index (χ2v) is 5.12. The van der Waals surface area contributed by atoms with E-state index in [1.807, 2.05) is 18.3 Å². The van der Waals surface area contributed by atoms with Crippen molar-refractivity contribution in [2.24, 2.45) is 0 Å². The molecule has 0 bridgehead atoms. The third-order valence-corrected chi connectivity index (χ3v) is 3.25. The zero-order valence-electron chi connectivity index (χ0n) is 8.59. The van der Waals surface area contributed by atoms with Gasteiger partial charge < -0.3 is 0 Å². The lowest BCUT2D eigenvalue weighted by atomic mass is 9.99. The Kier molecular flexibility index (Phi) is 2.98. The second-order valence-electron chi connectivity index (χ2n) is 3.85. The van der Waals surface area contributed by atoms with E-state index < -0.39 is 0 Å². The lowest BCUT2D eigenvalue weighted by Crippen LogP contribution is -1.92. The van der Waals surface area contributed by atoms with E-state index in [0.29, 0.717) is 11.1 Å². The van der Waals surface area contributed by atoms with E-state index in [9.17, 15) is 0 Å². The van der Waals surface area contributed by atoms with Gasteiger partial charge in [-0.15, -0.1) is 0 Å². The summed E-state index contributed by atoms with van der Waals surface area (Å²) in [6.07, 6.45) is 1.86. The average Bonchev–Trinajstić information content (AvgIpc) is 2.19. The molecule has 0 unspecified atom stereocenters. The lowest BCUT2D eigenvalue weighted by molar-refractivity contribution is 0.869. The third-order valence-electron chi connectivity index (χ3n) is 2.45.